The van der Waals surface area contributed by atoms with Crippen molar-refractivity contribution in [1.29, 1.82) is 0 Å². The summed E-state index contributed by atoms with van der Waals surface area (Å²) in [4.78, 5) is 10.6. The number of rotatable bonds is 6. The van der Waals surface area contributed by atoms with Gasteiger partial charge in [-0.3, -0.25) is 0 Å². The van der Waals surface area contributed by atoms with E-state index in [-0.39, 0.29) is 5.92 Å². The van der Waals surface area contributed by atoms with Crippen LogP contribution in [0.15, 0.2) is 0 Å². The largest absolute Gasteiger partial charge is 0.303 e. The highest BCUT2D eigenvalue weighted by molar-refractivity contribution is 6.90. The zero-order valence-electron chi connectivity index (χ0n) is 13.2. The Kier molecular flexibility index (Phi) is 7.55. The van der Waals surface area contributed by atoms with E-state index in [0.717, 1.165) is 12.7 Å². The second kappa shape index (κ2) is 7.79. The van der Waals surface area contributed by atoms with Gasteiger partial charge in [0.25, 0.3) is 0 Å². The monoisotopic (exact) mass is 266 g/mol. The summed E-state index contributed by atoms with van der Waals surface area (Å²) >= 11 is 0. The predicted molar refractivity (Wildman–Crippen MR) is 83.3 cm³/mol. The average molecular weight is 267 g/mol. The van der Waals surface area contributed by atoms with Crippen LogP contribution in [0.1, 0.15) is 61.3 Å². The maximum absolute atomic E-state index is 10.6. The maximum Gasteiger partial charge on any atom is 0.145 e. The molecular weight excluding hydrogens is 236 g/mol. The molecular formula is C16H30OSi. The molecule has 0 unspecified atom stereocenters. The van der Waals surface area contributed by atoms with E-state index in [0.29, 0.717) is 23.0 Å². The van der Waals surface area contributed by atoms with Gasteiger partial charge >= 0.3 is 0 Å². The first-order valence-electron chi connectivity index (χ1n) is 7.29. The Morgan fingerprint density at radius 2 is 1.44 bits per heavy atom. The molecule has 0 fully saturated rings. The quantitative estimate of drug-likeness (QED) is 0.382. The van der Waals surface area contributed by atoms with Crippen LogP contribution in [0.5, 0.6) is 0 Å². The molecule has 2 heteroatoms. The van der Waals surface area contributed by atoms with Gasteiger partial charge in [0.05, 0.1) is 0 Å². The third-order valence-corrected chi connectivity index (χ3v) is 10.5. The van der Waals surface area contributed by atoms with Gasteiger partial charge in [-0.15, -0.1) is 11.5 Å². The van der Waals surface area contributed by atoms with E-state index in [4.69, 9.17) is 0 Å². The molecule has 104 valence electrons. The Bertz CT molecular complexity index is 285. The fourth-order valence-corrected chi connectivity index (χ4v) is 8.42. The minimum absolute atomic E-state index is 0.255. The molecule has 0 amide bonds. The SMILES string of the molecule is CC[C@@H](C#C[Si](C(C)C)(C(C)C)C(C)C)CC=O. The molecule has 0 aromatic rings. The molecule has 0 aromatic heterocycles. The van der Waals surface area contributed by atoms with Gasteiger partial charge in [-0.1, -0.05) is 48.5 Å². The summed E-state index contributed by atoms with van der Waals surface area (Å²) < 4.78 is 0. The molecule has 1 atom stereocenters. The van der Waals surface area contributed by atoms with Crippen LogP contribution in [0.4, 0.5) is 0 Å². The molecule has 1 nitrogen and oxygen atoms in total. The van der Waals surface area contributed by atoms with Crippen molar-refractivity contribution in [3.05, 3.63) is 0 Å². The first-order valence-corrected chi connectivity index (χ1v) is 9.52. The molecule has 0 rings (SSSR count). The molecule has 18 heavy (non-hydrogen) atoms. The van der Waals surface area contributed by atoms with Crippen molar-refractivity contribution in [3.63, 3.8) is 0 Å². The molecule has 0 spiro atoms. The summed E-state index contributed by atoms with van der Waals surface area (Å²) in [5, 5.41) is 0. The van der Waals surface area contributed by atoms with Crippen LogP contribution in [-0.2, 0) is 4.79 Å². The van der Waals surface area contributed by atoms with E-state index >= 15 is 0 Å². The summed E-state index contributed by atoms with van der Waals surface area (Å²) in [5.74, 6) is 3.69. The Balaban J connectivity index is 5.35. The molecule has 0 aromatic carbocycles. The minimum atomic E-state index is -1.61. The van der Waals surface area contributed by atoms with E-state index in [1.807, 2.05) is 0 Å². The van der Waals surface area contributed by atoms with Crippen molar-refractivity contribution < 1.29 is 4.79 Å². The maximum atomic E-state index is 10.6. The van der Waals surface area contributed by atoms with Crippen molar-refractivity contribution in [2.75, 3.05) is 0 Å². The van der Waals surface area contributed by atoms with Crippen molar-refractivity contribution in [1.82, 2.24) is 0 Å². The smallest absolute Gasteiger partial charge is 0.145 e. The topological polar surface area (TPSA) is 17.1 Å². The lowest BCUT2D eigenvalue weighted by atomic mass is 10.1. The van der Waals surface area contributed by atoms with Crippen LogP contribution in [-0.4, -0.2) is 14.4 Å². The van der Waals surface area contributed by atoms with Gasteiger partial charge in [0.15, 0.2) is 0 Å². The van der Waals surface area contributed by atoms with Crippen LogP contribution in [0.2, 0.25) is 16.6 Å². The van der Waals surface area contributed by atoms with Crippen LogP contribution >= 0.6 is 0 Å². The summed E-state index contributed by atoms with van der Waals surface area (Å²) in [6.45, 7) is 16.0. The van der Waals surface area contributed by atoms with Crippen molar-refractivity contribution in [2.24, 2.45) is 5.92 Å². The third-order valence-electron chi connectivity index (χ3n) is 4.23. The fourth-order valence-electron chi connectivity index (χ4n) is 3.10. The van der Waals surface area contributed by atoms with Crippen molar-refractivity contribution in [3.8, 4) is 11.5 Å². The van der Waals surface area contributed by atoms with Gasteiger partial charge in [-0.25, -0.2) is 0 Å². The van der Waals surface area contributed by atoms with E-state index < -0.39 is 8.07 Å². The number of carbonyl (C=O) groups excluding carboxylic acids is 1. The first kappa shape index (κ1) is 17.4. The van der Waals surface area contributed by atoms with Crippen LogP contribution in [0.3, 0.4) is 0 Å². The summed E-state index contributed by atoms with van der Waals surface area (Å²) in [5.41, 5.74) is 5.69. The molecule has 0 saturated carbocycles. The van der Waals surface area contributed by atoms with Gasteiger partial charge in [-0.05, 0) is 23.0 Å². The lowest BCUT2D eigenvalue weighted by molar-refractivity contribution is -0.108. The normalized spacial score (nSPS) is 13.7. The number of hydrogen-bond acceptors (Lipinski definition) is 1. The Morgan fingerprint density at radius 3 is 1.72 bits per heavy atom. The first-order chi connectivity index (χ1) is 8.32. The second-order valence-corrected chi connectivity index (χ2v) is 11.8. The van der Waals surface area contributed by atoms with E-state index in [2.05, 4.69) is 59.9 Å². The van der Waals surface area contributed by atoms with E-state index in [9.17, 15) is 4.79 Å². The number of hydrogen-bond donors (Lipinski definition) is 0. The Morgan fingerprint density at radius 1 is 1.00 bits per heavy atom. The Labute approximate surface area is 115 Å². The van der Waals surface area contributed by atoms with Crippen LogP contribution in [0.25, 0.3) is 0 Å². The third kappa shape index (κ3) is 3.98. The van der Waals surface area contributed by atoms with Gasteiger partial charge < -0.3 is 4.79 Å². The zero-order chi connectivity index (χ0) is 14.3. The van der Waals surface area contributed by atoms with Gasteiger partial charge in [0.1, 0.15) is 14.4 Å². The molecule has 0 saturated heterocycles. The van der Waals surface area contributed by atoms with E-state index in [1.165, 1.54) is 0 Å². The molecule has 0 radical (unpaired) electrons. The lowest BCUT2D eigenvalue weighted by Gasteiger charge is -2.38. The lowest BCUT2D eigenvalue weighted by Crippen LogP contribution is -2.43. The minimum Gasteiger partial charge on any atom is -0.303 e. The number of aldehydes is 1. The second-order valence-electron chi connectivity index (χ2n) is 6.17. The molecule has 0 N–H and O–H groups in total. The molecule has 0 aliphatic carbocycles. The summed E-state index contributed by atoms with van der Waals surface area (Å²) in [6, 6.07) is 0. The molecule has 0 heterocycles. The standard InChI is InChI=1S/C16H30OSi/c1-8-16(9-11-17)10-12-18(13(2)3,14(4)5)15(6)7/h11,13-16H,8-9H2,1-7H3/t16-/m1/s1. The Hall–Kier alpha value is -0.553. The zero-order valence-corrected chi connectivity index (χ0v) is 14.2. The highest BCUT2D eigenvalue weighted by Gasteiger charge is 2.41. The fraction of sp³-hybridized carbons (Fsp3) is 0.812. The predicted octanol–water partition coefficient (Wildman–Crippen LogP) is 4.82. The molecule has 0 bridgehead atoms. The molecule has 0 aliphatic heterocycles. The number of carbonyl (C=O) groups is 1. The summed E-state index contributed by atoms with van der Waals surface area (Å²) in [7, 11) is -1.61. The molecule has 0 aliphatic rings. The van der Waals surface area contributed by atoms with Crippen molar-refractivity contribution >= 4 is 14.4 Å². The van der Waals surface area contributed by atoms with Crippen LogP contribution in [0, 0.1) is 17.4 Å². The highest BCUT2D eigenvalue weighted by Crippen LogP contribution is 2.40. The van der Waals surface area contributed by atoms with Crippen LogP contribution < -0.4 is 0 Å². The van der Waals surface area contributed by atoms with Crippen molar-refractivity contribution in [2.45, 2.75) is 77.9 Å². The summed E-state index contributed by atoms with van der Waals surface area (Å²) in [6.07, 6.45) is 2.57. The van der Waals surface area contributed by atoms with Gasteiger partial charge in [0, 0.05) is 12.3 Å². The van der Waals surface area contributed by atoms with Gasteiger partial charge in [0.2, 0.25) is 0 Å². The van der Waals surface area contributed by atoms with E-state index in [1.54, 1.807) is 0 Å². The average Bonchev–Trinajstić information content (AvgIpc) is 2.26. The highest BCUT2D eigenvalue weighted by atomic mass is 28.3. The van der Waals surface area contributed by atoms with Gasteiger partial charge in [-0.2, -0.15) is 0 Å².